The fourth-order valence-electron chi connectivity index (χ4n) is 2.75. The van der Waals surface area contributed by atoms with Crippen LogP contribution in [0.2, 0.25) is 0 Å². The molecule has 0 atom stereocenters. The van der Waals surface area contributed by atoms with Gasteiger partial charge in [0.05, 0.1) is 16.1 Å². The highest BCUT2D eigenvalue weighted by Crippen LogP contribution is 2.34. The van der Waals surface area contributed by atoms with Crippen LogP contribution in [-0.2, 0) is 10.0 Å². The van der Waals surface area contributed by atoms with Gasteiger partial charge in [0.1, 0.15) is 0 Å². The topological polar surface area (TPSA) is 93.7 Å². The maximum atomic E-state index is 12.7. The standard InChI is InChI=1S/C20H16N2O5S/c23-20(21-14-10-11-18-19(12-14)27-13-26-18)16-8-4-5-9-17(16)22-28(24,25)15-6-2-1-3-7-15/h1-12,22H,13H2,(H,21,23). The van der Waals surface area contributed by atoms with Crippen LogP contribution < -0.4 is 19.5 Å². The number of rotatable bonds is 5. The summed E-state index contributed by atoms with van der Waals surface area (Å²) in [5, 5.41) is 2.74. The summed E-state index contributed by atoms with van der Waals surface area (Å²) in [6.45, 7) is 0.136. The predicted octanol–water partition coefficient (Wildman–Crippen LogP) is 3.47. The normalized spacial score (nSPS) is 12.4. The first-order valence-electron chi connectivity index (χ1n) is 8.41. The van der Waals surface area contributed by atoms with Gasteiger partial charge in [-0.25, -0.2) is 8.42 Å². The third-order valence-electron chi connectivity index (χ3n) is 4.10. The average Bonchev–Trinajstić information content (AvgIpc) is 3.16. The Kier molecular flexibility index (Phi) is 4.62. The lowest BCUT2D eigenvalue weighted by Crippen LogP contribution is -2.18. The van der Waals surface area contributed by atoms with Crippen molar-refractivity contribution in [3.05, 3.63) is 78.4 Å². The van der Waals surface area contributed by atoms with Crippen molar-refractivity contribution in [2.45, 2.75) is 4.90 Å². The molecule has 1 aliphatic heterocycles. The van der Waals surface area contributed by atoms with E-state index < -0.39 is 15.9 Å². The van der Waals surface area contributed by atoms with Gasteiger partial charge in [0.15, 0.2) is 11.5 Å². The number of fused-ring (bicyclic) bond motifs is 1. The molecule has 0 radical (unpaired) electrons. The van der Waals surface area contributed by atoms with Gasteiger partial charge in [0.25, 0.3) is 15.9 Å². The van der Waals surface area contributed by atoms with Gasteiger partial charge in [-0.3, -0.25) is 9.52 Å². The Morgan fingerprint density at radius 1 is 0.857 bits per heavy atom. The van der Waals surface area contributed by atoms with E-state index in [4.69, 9.17) is 9.47 Å². The summed E-state index contributed by atoms with van der Waals surface area (Å²) in [7, 11) is -3.82. The maximum Gasteiger partial charge on any atom is 0.261 e. The summed E-state index contributed by atoms with van der Waals surface area (Å²) in [5.74, 6) is 0.690. The molecule has 0 aliphatic carbocycles. The third kappa shape index (κ3) is 3.63. The van der Waals surface area contributed by atoms with Gasteiger partial charge in [0, 0.05) is 11.8 Å². The lowest BCUT2D eigenvalue weighted by atomic mass is 10.1. The minimum atomic E-state index is -3.82. The van der Waals surface area contributed by atoms with E-state index in [0.29, 0.717) is 17.2 Å². The van der Waals surface area contributed by atoms with Crippen molar-refractivity contribution in [1.29, 1.82) is 0 Å². The molecule has 0 saturated carbocycles. The molecule has 0 unspecified atom stereocenters. The number of para-hydroxylation sites is 1. The zero-order chi connectivity index (χ0) is 19.6. The molecule has 1 heterocycles. The molecule has 0 fully saturated rings. The highest BCUT2D eigenvalue weighted by Gasteiger charge is 2.19. The lowest BCUT2D eigenvalue weighted by molar-refractivity contribution is 0.102. The molecule has 8 heteroatoms. The van der Waals surface area contributed by atoms with Crippen LogP contribution >= 0.6 is 0 Å². The molecule has 1 amide bonds. The summed E-state index contributed by atoms with van der Waals surface area (Å²) < 4.78 is 38.2. The van der Waals surface area contributed by atoms with E-state index in [1.54, 1.807) is 54.6 Å². The van der Waals surface area contributed by atoms with E-state index >= 15 is 0 Å². The second-order valence-electron chi connectivity index (χ2n) is 5.99. The summed E-state index contributed by atoms with van der Waals surface area (Å²) in [4.78, 5) is 12.9. The minimum Gasteiger partial charge on any atom is -0.454 e. The first-order valence-corrected chi connectivity index (χ1v) is 9.89. The second-order valence-corrected chi connectivity index (χ2v) is 7.67. The Hall–Kier alpha value is -3.52. The fraction of sp³-hybridized carbons (Fsp3) is 0.0500. The monoisotopic (exact) mass is 396 g/mol. The zero-order valence-corrected chi connectivity index (χ0v) is 15.4. The van der Waals surface area contributed by atoms with E-state index in [-0.39, 0.29) is 22.9 Å². The molecule has 0 saturated heterocycles. The number of benzene rings is 3. The van der Waals surface area contributed by atoms with Gasteiger partial charge in [-0.05, 0) is 36.4 Å². The minimum absolute atomic E-state index is 0.112. The molecule has 1 aliphatic rings. The van der Waals surface area contributed by atoms with Gasteiger partial charge >= 0.3 is 0 Å². The Balaban J connectivity index is 1.58. The SMILES string of the molecule is O=C(Nc1ccc2c(c1)OCO2)c1ccccc1NS(=O)(=O)c1ccccc1. The fourth-order valence-corrected chi connectivity index (χ4v) is 3.85. The molecule has 0 spiro atoms. The van der Waals surface area contributed by atoms with Crippen molar-refractivity contribution >= 4 is 27.3 Å². The zero-order valence-electron chi connectivity index (χ0n) is 14.6. The van der Waals surface area contributed by atoms with Crippen molar-refractivity contribution < 1.29 is 22.7 Å². The first kappa shape index (κ1) is 17.9. The van der Waals surface area contributed by atoms with Crippen LogP contribution in [0.4, 0.5) is 11.4 Å². The molecule has 2 N–H and O–H groups in total. The van der Waals surface area contributed by atoms with Gasteiger partial charge in [-0.1, -0.05) is 30.3 Å². The molecule has 4 rings (SSSR count). The van der Waals surface area contributed by atoms with E-state index in [9.17, 15) is 13.2 Å². The number of nitrogens with one attached hydrogen (secondary N) is 2. The molecule has 7 nitrogen and oxygen atoms in total. The van der Waals surface area contributed by atoms with Crippen LogP contribution in [0.3, 0.4) is 0 Å². The molecule has 0 aromatic heterocycles. The van der Waals surface area contributed by atoms with Crippen LogP contribution in [0.1, 0.15) is 10.4 Å². The van der Waals surface area contributed by atoms with Crippen LogP contribution in [0, 0.1) is 0 Å². The van der Waals surface area contributed by atoms with Crippen LogP contribution in [0.25, 0.3) is 0 Å². The van der Waals surface area contributed by atoms with Crippen LogP contribution in [-0.4, -0.2) is 21.1 Å². The number of ether oxygens (including phenoxy) is 2. The number of hydrogen-bond donors (Lipinski definition) is 2. The van der Waals surface area contributed by atoms with Gasteiger partial charge < -0.3 is 14.8 Å². The highest BCUT2D eigenvalue weighted by molar-refractivity contribution is 7.92. The summed E-state index contributed by atoms with van der Waals surface area (Å²) in [6.07, 6.45) is 0. The molecule has 3 aromatic carbocycles. The number of hydrogen-bond acceptors (Lipinski definition) is 5. The molecule has 142 valence electrons. The van der Waals surface area contributed by atoms with Crippen molar-refractivity contribution in [1.82, 2.24) is 0 Å². The Morgan fingerprint density at radius 3 is 2.39 bits per heavy atom. The molecule has 3 aromatic rings. The van der Waals surface area contributed by atoms with E-state index in [1.165, 1.54) is 18.2 Å². The van der Waals surface area contributed by atoms with Gasteiger partial charge in [-0.2, -0.15) is 0 Å². The number of carbonyl (C=O) groups excluding carboxylic acids is 1. The summed E-state index contributed by atoms with van der Waals surface area (Å²) in [6, 6.07) is 19.4. The average molecular weight is 396 g/mol. The van der Waals surface area contributed by atoms with Crippen LogP contribution in [0.15, 0.2) is 77.7 Å². The lowest BCUT2D eigenvalue weighted by Gasteiger charge is -2.13. The largest absolute Gasteiger partial charge is 0.454 e. The highest BCUT2D eigenvalue weighted by atomic mass is 32.2. The van der Waals surface area contributed by atoms with Crippen molar-refractivity contribution in [3.8, 4) is 11.5 Å². The number of sulfonamides is 1. The summed E-state index contributed by atoms with van der Waals surface area (Å²) in [5.41, 5.74) is 0.888. The molecule has 0 bridgehead atoms. The second kappa shape index (κ2) is 7.24. The predicted molar refractivity (Wildman–Crippen MR) is 104 cm³/mol. The molecule has 28 heavy (non-hydrogen) atoms. The first-order chi connectivity index (χ1) is 13.5. The number of amides is 1. The molecular formula is C20H16N2O5S. The van der Waals surface area contributed by atoms with E-state index in [2.05, 4.69) is 10.0 Å². The number of anilines is 2. The van der Waals surface area contributed by atoms with E-state index in [1.807, 2.05) is 0 Å². The van der Waals surface area contributed by atoms with Gasteiger partial charge in [0.2, 0.25) is 6.79 Å². The molecular weight excluding hydrogens is 380 g/mol. The van der Waals surface area contributed by atoms with Crippen molar-refractivity contribution in [2.75, 3.05) is 16.8 Å². The van der Waals surface area contributed by atoms with E-state index in [0.717, 1.165) is 0 Å². The van der Waals surface area contributed by atoms with Gasteiger partial charge in [-0.15, -0.1) is 0 Å². The van der Waals surface area contributed by atoms with Crippen molar-refractivity contribution in [3.63, 3.8) is 0 Å². The quantitative estimate of drug-likeness (QED) is 0.689. The Labute approximate surface area is 162 Å². The third-order valence-corrected chi connectivity index (χ3v) is 5.48. The number of carbonyl (C=O) groups is 1. The smallest absolute Gasteiger partial charge is 0.261 e. The Bertz CT molecular complexity index is 1130. The summed E-state index contributed by atoms with van der Waals surface area (Å²) >= 11 is 0. The van der Waals surface area contributed by atoms with Crippen LogP contribution in [0.5, 0.6) is 11.5 Å². The maximum absolute atomic E-state index is 12.7. The Morgan fingerprint density at radius 2 is 1.57 bits per heavy atom. The van der Waals surface area contributed by atoms with Crippen molar-refractivity contribution in [2.24, 2.45) is 0 Å².